The molecule has 0 spiro atoms. The smallest absolute Gasteiger partial charge is 0.260 e. The van der Waals surface area contributed by atoms with E-state index in [4.69, 9.17) is 4.74 Å². The van der Waals surface area contributed by atoms with Crippen LogP contribution >= 0.6 is 11.3 Å². The molecule has 0 atom stereocenters. The van der Waals surface area contributed by atoms with Crippen LogP contribution in [0.5, 0.6) is 5.75 Å². The number of aryl methyl sites for hydroxylation is 1. The van der Waals surface area contributed by atoms with Crippen molar-refractivity contribution in [3.8, 4) is 5.75 Å². The summed E-state index contributed by atoms with van der Waals surface area (Å²) in [6, 6.07) is 11.8. The number of hydrogen-bond donors (Lipinski definition) is 0. The van der Waals surface area contributed by atoms with Crippen molar-refractivity contribution >= 4 is 17.2 Å². The minimum absolute atomic E-state index is 0.0303. The average Bonchev–Trinajstić information content (AvgIpc) is 2.98. The van der Waals surface area contributed by atoms with Gasteiger partial charge in [-0.1, -0.05) is 37.6 Å². The Balaban J connectivity index is 1.94. The Kier molecular flexibility index (Phi) is 6.01. The molecule has 0 saturated heterocycles. The third-order valence-electron chi connectivity index (χ3n) is 3.25. The number of nitrogens with zero attached hydrogens (tertiary/aromatic N) is 1. The fourth-order valence-electron chi connectivity index (χ4n) is 2.16. The van der Waals surface area contributed by atoms with Crippen LogP contribution in [0.25, 0.3) is 0 Å². The Bertz CT molecular complexity index is 576. The van der Waals surface area contributed by atoms with Crippen LogP contribution < -0.4 is 4.74 Å². The lowest BCUT2D eigenvalue weighted by Crippen LogP contribution is -2.36. The lowest BCUT2D eigenvalue weighted by atomic mass is 10.2. The van der Waals surface area contributed by atoms with Crippen molar-refractivity contribution < 1.29 is 9.53 Å². The zero-order valence-electron chi connectivity index (χ0n) is 13.4. The molecule has 4 heteroatoms. The third kappa shape index (κ3) is 5.19. The maximum absolute atomic E-state index is 12.5. The number of ether oxygens (including phenoxy) is 1. The minimum Gasteiger partial charge on any atom is -0.484 e. The van der Waals surface area contributed by atoms with Crippen molar-refractivity contribution in [2.45, 2.75) is 27.3 Å². The lowest BCUT2D eigenvalue weighted by molar-refractivity contribution is -0.134. The Morgan fingerprint density at radius 3 is 2.55 bits per heavy atom. The van der Waals surface area contributed by atoms with E-state index in [0.717, 1.165) is 12.3 Å². The molecule has 1 aromatic carbocycles. The van der Waals surface area contributed by atoms with E-state index in [1.165, 1.54) is 10.4 Å². The Labute approximate surface area is 136 Å². The first-order valence-electron chi connectivity index (χ1n) is 7.54. The van der Waals surface area contributed by atoms with Crippen LogP contribution in [0.1, 0.15) is 24.3 Å². The lowest BCUT2D eigenvalue weighted by Gasteiger charge is -2.24. The number of hydrogen-bond acceptors (Lipinski definition) is 3. The number of carbonyl (C=O) groups excluding carboxylic acids is 1. The number of rotatable bonds is 7. The van der Waals surface area contributed by atoms with Crippen LogP contribution in [0.15, 0.2) is 41.8 Å². The third-order valence-corrected chi connectivity index (χ3v) is 4.11. The van der Waals surface area contributed by atoms with Crippen molar-refractivity contribution in [2.75, 3.05) is 13.2 Å². The Hall–Kier alpha value is -1.81. The molecule has 22 heavy (non-hydrogen) atoms. The molecule has 0 aliphatic heterocycles. The van der Waals surface area contributed by atoms with Gasteiger partial charge in [-0.25, -0.2) is 0 Å². The summed E-state index contributed by atoms with van der Waals surface area (Å²) in [7, 11) is 0. The van der Waals surface area contributed by atoms with Crippen molar-refractivity contribution in [3.05, 3.63) is 52.2 Å². The largest absolute Gasteiger partial charge is 0.484 e. The van der Waals surface area contributed by atoms with E-state index in [1.54, 1.807) is 11.3 Å². The molecule has 0 aliphatic rings. The van der Waals surface area contributed by atoms with Crippen LogP contribution in [-0.4, -0.2) is 24.0 Å². The van der Waals surface area contributed by atoms with Gasteiger partial charge in [-0.15, -0.1) is 11.3 Å². The SMILES string of the molecule is Cc1ccc(OCC(=O)N(Cc2cccs2)CC(C)C)cc1. The van der Waals surface area contributed by atoms with E-state index in [0.29, 0.717) is 12.5 Å². The van der Waals surface area contributed by atoms with Crippen LogP contribution in [0.2, 0.25) is 0 Å². The van der Waals surface area contributed by atoms with E-state index in [1.807, 2.05) is 47.5 Å². The molecule has 0 aliphatic carbocycles. The molecule has 1 heterocycles. The van der Waals surface area contributed by atoms with Crippen molar-refractivity contribution in [1.29, 1.82) is 0 Å². The van der Waals surface area contributed by atoms with E-state index in [-0.39, 0.29) is 12.5 Å². The van der Waals surface area contributed by atoms with Crippen LogP contribution in [0.3, 0.4) is 0 Å². The molecule has 0 saturated carbocycles. The van der Waals surface area contributed by atoms with Crippen LogP contribution in [0.4, 0.5) is 0 Å². The molecular weight excluding hydrogens is 294 g/mol. The highest BCUT2D eigenvalue weighted by Gasteiger charge is 2.16. The van der Waals surface area contributed by atoms with Gasteiger partial charge in [0.25, 0.3) is 5.91 Å². The minimum atomic E-state index is 0.0303. The Morgan fingerprint density at radius 1 is 1.23 bits per heavy atom. The molecule has 1 aromatic heterocycles. The first kappa shape index (κ1) is 16.6. The first-order valence-corrected chi connectivity index (χ1v) is 8.42. The van der Waals surface area contributed by atoms with E-state index in [9.17, 15) is 4.79 Å². The summed E-state index contributed by atoms with van der Waals surface area (Å²) in [5, 5.41) is 2.04. The van der Waals surface area contributed by atoms with Crippen molar-refractivity contribution in [1.82, 2.24) is 4.90 Å². The zero-order valence-corrected chi connectivity index (χ0v) is 14.2. The summed E-state index contributed by atoms with van der Waals surface area (Å²) in [5.41, 5.74) is 1.18. The summed E-state index contributed by atoms with van der Waals surface area (Å²) in [6.07, 6.45) is 0. The highest BCUT2D eigenvalue weighted by Crippen LogP contribution is 2.15. The fourth-order valence-corrected chi connectivity index (χ4v) is 2.88. The summed E-state index contributed by atoms with van der Waals surface area (Å²) in [4.78, 5) is 15.5. The predicted octanol–water partition coefficient (Wildman–Crippen LogP) is 4.12. The molecule has 2 aromatic rings. The molecule has 1 amide bonds. The quantitative estimate of drug-likeness (QED) is 0.769. The molecule has 0 unspecified atom stereocenters. The normalized spacial score (nSPS) is 10.7. The first-order chi connectivity index (χ1) is 10.5. The van der Waals surface area contributed by atoms with Gasteiger partial charge in [0.1, 0.15) is 5.75 Å². The van der Waals surface area contributed by atoms with Gasteiger partial charge < -0.3 is 9.64 Å². The highest BCUT2D eigenvalue weighted by atomic mass is 32.1. The maximum atomic E-state index is 12.5. The van der Waals surface area contributed by atoms with Gasteiger partial charge in [-0.05, 0) is 36.4 Å². The van der Waals surface area contributed by atoms with E-state index >= 15 is 0 Å². The summed E-state index contributed by atoms with van der Waals surface area (Å²) in [6.45, 7) is 7.76. The molecule has 0 N–H and O–H groups in total. The fraction of sp³-hybridized carbons (Fsp3) is 0.389. The standard InChI is InChI=1S/C18H23NO2S/c1-14(2)11-19(12-17-5-4-10-22-17)18(20)13-21-16-8-6-15(3)7-9-16/h4-10,14H,11-13H2,1-3H3. The van der Waals surface area contributed by atoms with Gasteiger partial charge in [0.2, 0.25) is 0 Å². The summed E-state index contributed by atoms with van der Waals surface area (Å²) < 4.78 is 5.62. The van der Waals surface area contributed by atoms with E-state index < -0.39 is 0 Å². The second-order valence-electron chi connectivity index (χ2n) is 5.85. The monoisotopic (exact) mass is 317 g/mol. The highest BCUT2D eigenvalue weighted by molar-refractivity contribution is 7.09. The Morgan fingerprint density at radius 2 is 1.95 bits per heavy atom. The van der Waals surface area contributed by atoms with Gasteiger partial charge in [0, 0.05) is 11.4 Å². The number of thiophene rings is 1. The molecule has 3 nitrogen and oxygen atoms in total. The zero-order chi connectivity index (χ0) is 15.9. The van der Waals surface area contributed by atoms with Gasteiger partial charge in [0.15, 0.2) is 6.61 Å². The van der Waals surface area contributed by atoms with Gasteiger partial charge in [-0.2, -0.15) is 0 Å². The van der Waals surface area contributed by atoms with Crippen LogP contribution in [-0.2, 0) is 11.3 Å². The summed E-state index contributed by atoms with van der Waals surface area (Å²) in [5.74, 6) is 1.20. The molecule has 0 bridgehead atoms. The summed E-state index contributed by atoms with van der Waals surface area (Å²) >= 11 is 1.68. The second-order valence-corrected chi connectivity index (χ2v) is 6.88. The maximum Gasteiger partial charge on any atom is 0.260 e. The predicted molar refractivity (Wildman–Crippen MR) is 91.2 cm³/mol. The number of carbonyl (C=O) groups is 1. The average molecular weight is 317 g/mol. The molecular formula is C18H23NO2S. The van der Waals surface area contributed by atoms with E-state index in [2.05, 4.69) is 19.9 Å². The van der Waals surface area contributed by atoms with Gasteiger partial charge in [-0.3, -0.25) is 4.79 Å². The molecule has 0 radical (unpaired) electrons. The van der Waals surface area contributed by atoms with Crippen molar-refractivity contribution in [3.63, 3.8) is 0 Å². The molecule has 118 valence electrons. The second kappa shape index (κ2) is 7.99. The number of amides is 1. The van der Waals surface area contributed by atoms with Crippen molar-refractivity contribution in [2.24, 2.45) is 5.92 Å². The molecule has 2 rings (SSSR count). The molecule has 0 fully saturated rings. The topological polar surface area (TPSA) is 29.5 Å². The number of benzene rings is 1. The van der Waals surface area contributed by atoms with Crippen LogP contribution in [0, 0.1) is 12.8 Å². The van der Waals surface area contributed by atoms with Gasteiger partial charge >= 0.3 is 0 Å². The van der Waals surface area contributed by atoms with Gasteiger partial charge in [0.05, 0.1) is 6.54 Å².